The Bertz CT molecular complexity index is 1100. The Labute approximate surface area is 188 Å². The number of carbonyl (C=O) groups is 2. The molecule has 0 atom stereocenters. The van der Waals surface area contributed by atoms with Gasteiger partial charge in [0.15, 0.2) is 0 Å². The Morgan fingerprint density at radius 1 is 0.875 bits per heavy atom. The zero-order chi connectivity index (χ0) is 22.7. The highest BCUT2D eigenvalue weighted by Crippen LogP contribution is 2.31. The predicted octanol–water partition coefficient (Wildman–Crippen LogP) is 3.11. The van der Waals surface area contributed by atoms with E-state index in [9.17, 15) is 18.0 Å². The Kier molecular flexibility index (Phi) is 6.48. The van der Waals surface area contributed by atoms with Crippen LogP contribution in [0.5, 0.6) is 0 Å². The normalized spacial score (nSPS) is 16.8. The van der Waals surface area contributed by atoms with E-state index in [-0.39, 0.29) is 10.8 Å². The maximum Gasteiger partial charge on any atom is 0.337 e. The second-order valence-electron chi connectivity index (χ2n) is 8.01. The molecule has 4 rings (SSSR count). The van der Waals surface area contributed by atoms with E-state index in [1.165, 1.54) is 35.7 Å². The lowest BCUT2D eigenvalue weighted by molar-refractivity contribution is 0.0600. The Morgan fingerprint density at radius 2 is 1.47 bits per heavy atom. The van der Waals surface area contributed by atoms with E-state index >= 15 is 0 Å². The molecule has 0 spiro atoms. The highest BCUT2D eigenvalue weighted by atomic mass is 32.2. The molecule has 0 aliphatic carbocycles. The Morgan fingerprint density at radius 3 is 2.09 bits per heavy atom. The van der Waals surface area contributed by atoms with Crippen LogP contribution < -0.4 is 10.2 Å². The summed E-state index contributed by atoms with van der Waals surface area (Å²) in [6.07, 6.45) is 3.87. The van der Waals surface area contributed by atoms with Crippen molar-refractivity contribution >= 4 is 33.3 Å². The van der Waals surface area contributed by atoms with E-state index in [1.54, 1.807) is 12.1 Å². The van der Waals surface area contributed by atoms with Crippen LogP contribution in [-0.4, -0.2) is 57.9 Å². The monoisotopic (exact) mass is 457 g/mol. The summed E-state index contributed by atoms with van der Waals surface area (Å²) in [6, 6.07) is 11.1. The van der Waals surface area contributed by atoms with Gasteiger partial charge in [0.25, 0.3) is 5.91 Å². The average Bonchev–Trinajstić information content (AvgIpc) is 3.53. The number of nitrogens with one attached hydrogen (secondary N) is 1. The van der Waals surface area contributed by atoms with Gasteiger partial charge in [-0.15, -0.1) is 0 Å². The third kappa shape index (κ3) is 4.49. The number of carbonyl (C=O) groups excluding carboxylic acids is 2. The van der Waals surface area contributed by atoms with E-state index < -0.39 is 16.0 Å². The highest BCUT2D eigenvalue weighted by Gasteiger charge is 2.27. The third-order valence-electron chi connectivity index (χ3n) is 5.93. The maximum absolute atomic E-state index is 12.9. The third-order valence-corrected chi connectivity index (χ3v) is 7.84. The minimum atomic E-state index is -3.53. The summed E-state index contributed by atoms with van der Waals surface area (Å²) >= 11 is 0. The summed E-state index contributed by atoms with van der Waals surface area (Å²) in [6.45, 7) is 2.81. The predicted molar refractivity (Wildman–Crippen MR) is 122 cm³/mol. The number of esters is 1. The average molecular weight is 458 g/mol. The van der Waals surface area contributed by atoms with Crippen molar-refractivity contribution in [2.45, 2.75) is 30.6 Å². The fourth-order valence-corrected chi connectivity index (χ4v) is 5.68. The Balaban J connectivity index is 1.57. The lowest BCUT2D eigenvalue weighted by Crippen LogP contribution is -2.27. The van der Waals surface area contributed by atoms with Crippen LogP contribution in [0.3, 0.4) is 0 Å². The summed E-state index contributed by atoms with van der Waals surface area (Å²) in [5.41, 5.74) is 2.05. The van der Waals surface area contributed by atoms with Gasteiger partial charge in [-0.1, -0.05) is 0 Å². The molecule has 0 unspecified atom stereocenters. The second-order valence-corrected chi connectivity index (χ2v) is 9.95. The highest BCUT2D eigenvalue weighted by molar-refractivity contribution is 7.89. The maximum atomic E-state index is 12.9. The first kappa shape index (κ1) is 22.3. The van der Waals surface area contributed by atoms with Crippen LogP contribution >= 0.6 is 0 Å². The van der Waals surface area contributed by atoms with E-state index in [2.05, 4.69) is 10.2 Å². The molecule has 2 fully saturated rings. The number of sulfonamides is 1. The molecular weight excluding hydrogens is 430 g/mol. The fraction of sp³-hybridized carbons (Fsp3) is 0.391. The number of rotatable bonds is 6. The van der Waals surface area contributed by atoms with Crippen molar-refractivity contribution in [3.05, 3.63) is 53.6 Å². The molecule has 2 aliphatic heterocycles. The molecule has 2 aromatic rings. The van der Waals surface area contributed by atoms with E-state index in [0.29, 0.717) is 29.9 Å². The van der Waals surface area contributed by atoms with Crippen molar-refractivity contribution in [2.75, 3.05) is 43.5 Å². The zero-order valence-corrected chi connectivity index (χ0v) is 18.9. The molecule has 2 aliphatic rings. The lowest BCUT2D eigenvalue weighted by Gasteiger charge is -2.22. The van der Waals surface area contributed by atoms with Gasteiger partial charge in [-0.2, -0.15) is 4.31 Å². The molecule has 0 aromatic heterocycles. The van der Waals surface area contributed by atoms with Gasteiger partial charge >= 0.3 is 5.97 Å². The van der Waals surface area contributed by atoms with E-state index in [0.717, 1.165) is 44.5 Å². The van der Waals surface area contributed by atoms with Crippen molar-refractivity contribution in [1.82, 2.24) is 4.31 Å². The summed E-state index contributed by atoms with van der Waals surface area (Å²) in [5.74, 6) is -0.859. The van der Waals surface area contributed by atoms with Crippen molar-refractivity contribution in [3.63, 3.8) is 0 Å². The van der Waals surface area contributed by atoms with Gasteiger partial charge in [-0.3, -0.25) is 4.79 Å². The van der Waals surface area contributed by atoms with Crippen LogP contribution in [0.1, 0.15) is 46.4 Å². The van der Waals surface area contributed by atoms with E-state index in [1.807, 2.05) is 6.07 Å². The zero-order valence-electron chi connectivity index (χ0n) is 18.0. The molecule has 0 radical (unpaired) electrons. The molecule has 2 saturated heterocycles. The van der Waals surface area contributed by atoms with Gasteiger partial charge in [-0.05, 0) is 68.1 Å². The van der Waals surface area contributed by atoms with Crippen molar-refractivity contribution in [1.29, 1.82) is 0 Å². The van der Waals surface area contributed by atoms with E-state index in [4.69, 9.17) is 4.74 Å². The quantitative estimate of drug-likeness (QED) is 0.670. The minimum Gasteiger partial charge on any atom is -0.465 e. The number of ether oxygens (including phenoxy) is 1. The number of methoxy groups -OCH3 is 1. The number of hydrogen-bond donors (Lipinski definition) is 1. The molecule has 0 saturated carbocycles. The first-order valence-corrected chi connectivity index (χ1v) is 12.2. The molecule has 2 heterocycles. The van der Waals surface area contributed by atoms with Gasteiger partial charge in [0.05, 0.1) is 28.9 Å². The second kappa shape index (κ2) is 9.30. The van der Waals surface area contributed by atoms with Crippen molar-refractivity contribution in [3.8, 4) is 0 Å². The smallest absolute Gasteiger partial charge is 0.337 e. The molecule has 8 nitrogen and oxygen atoms in total. The number of amides is 1. The van der Waals surface area contributed by atoms with Crippen molar-refractivity contribution < 1.29 is 22.7 Å². The van der Waals surface area contributed by atoms with Crippen LogP contribution in [0, 0.1) is 0 Å². The summed E-state index contributed by atoms with van der Waals surface area (Å²) in [5, 5.41) is 2.89. The van der Waals surface area contributed by atoms with Crippen LogP contribution in [0.2, 0.25) is 0 Å². The lowest BCUT2D eigenvalue weighted by atomic mass is 10.1. The van der Waals surface area contributed by atoms with Gasteiger partial charge in [0.1, 0.15) is 0 Å². The van der Waals surface area contributed by atoms with Gasteiger partial charge < -0.3 is 15.0 Å². The number of anilines is 2. The number of hydrogen-bond acceptors (Lipinski definition) is 6. The van der Waals surface area contributed by atoms with Crippen molar-refractivity contribution in [2.24, 2.45) is 0 Å². The van der Waals surface area contributed by atoms with Crippen LogP contribution in [0.25, 0.3) is 0 Å². The molecule has 1 N–H and O–H groups in total. The summed E-state index contributed by atoms with van der Waals surface area (Å²) < 4.78 is 31.7. The topological polar surface area (TPSA) is 96.0 Å². The van der Waals surface area contributed by atoms with Gasteiger partial charge in [0, 0.05) is 31.7 Å². The molecule has 1 amide bonds. The van der Waals surface area contributed by atoms with Gasteiger partial charge in [-0.25, -0.2) is 13.2 Å². The van der Waals surface area contributed by atoms with Gasteiger partial charge in [0.2, 0.25) is 10.0 Å². The van der Waals surface area contributed by atoms with Crippen LogP contribution in [-0.2, 0) is 14.8 Å². The molecular formula is C23H27N3O5S. The molecule has 32 heavy (non-hydrogen) atoms. The standard InChI is InChI=1S/C23H27N3O5S/c1-31-23(28)18-8-11-21(25-12-2-3-13-25)20(16-18)24-22(27)17-6-9-19(10-7-17)32(29,30)26-14-4-5-15-26/h6-11,16H,2-5,12-15H2,1H3,(H,24,27). The minimum absolute atomic E-state index is 0.182. The first-order valence-electron chi connectivity index (χ1n) is 10.8. The van der Waals surface area contributed by atoms with Crippen LogP contribution in [0.15, 0.2) is 47.4 Å². The molecule has 2 aromatic carbocycles. The first-order chi connectivity index (χ1) is 15.4. The largest absolute Gasteiger partial charge is 0.465 e. The molecule has 170 valence electrons. The summed E-state index contributed by atoms with van der Waals surface area (Å²) in [7, 11) is -2.22. The number of benzene rings is 2. The molecule has 9 heteroatoms. The fourth-order valence-electron chi connectivity index (χ4n) is 4.17. The van der Waals surface area contributed by atoms with Crippen LogP contribution in [0.4, 0.5) is 11.4 Å². The molecule has 0 bridgehead atoms. The summed E-state index contributed by atoms with van der Waals surface area (Å²) in [4.78, 5) is 27.3. The Hall–Kier alpha value is -2.91. The number of nitrogens with zero attached hydrogens (tertiary/aromatic N) is 2. The SMILES string of the molecule is COC(=O)c1ccc(N2CCCC2)c(NC(=O)c2ccc(S(=O)(=O)N3CCCC3)cc2)c1.